The Hall–Kier alpha value is -1.38. The lowest BCUT2D eigenvalue weighted by Crippen LogP contribution is -2.17. The molecule has 0 saturated carbocycles. The van der Waals surface area contributed by atoms with E-state index in [4.69, 9.17) is 4.74 Å². The molecule has 0 N–H and O–H groups in total. The van der Waals surface area contributed by atoms with Gasteiger partial charge in [-0.2, -0.15) is 0 Å². The monoisotopic (exact) mass is 248 g/mol. The second kappa shape index (κ2) is 5.09. The van der Waals surface area contributed by atoms with Crippen LogP contribution in [0, 0.1) is 11.8 Å². The van der Waals surface area contributed by atoms with E-state index in [0.29, 0.717) is 17.9 Å². The Morgan fingerprint density at radius 1 is 1.56 bits per heavy atom. The van der Waals surface area contributed by atoms with E-state index in [1.807, 2.05) is 0 Å². The average Bonchev–Trinajstić information content (AvgIpc) is 2.46. The van der Waals surface area contributed by atoms with Gasteiger partial charge in [0.05, 0.1) is 0 Å². The standard InChI is InChI=1S/C15H20O3/c1-9-8-14-13(11(3)15(17)18-14)7-6-12(9)5-4-10(2)16/h6,9,13-14H,3-5,7-8H2,1-2H3/t9-,13?,14+/m0/s1. The molecule has 1 unspecified atom stereocenters. The van der Waals surface area contributed by atoms with Gasteiger partial charge in [0.15, 0.2) is 0 Å². The lowest BCUT2D eigenvalue weighted by Gasteiger charge is -2.18. The molecule has 0 radical (unpaired) electrons. The van der Waals surface area contributed by atoms with Gasteiger partial charge in [-0.3, -0.25) is 0 Å². The van der Waals surface area contributed by atoms with Gasteiger partial charge >= 0.3 is 5.97 Å². The summed E-state index contributed by atoms with van der Waals surface area (Å²) in [5, 5.41) is 0. The molecule has 1 heterocycles. The first-order valence-corrected chi connectivity index (χ1v) is 6.57. The maximum atomic E-state index is 11.5. The molecule has 1 aliphatic carbocycles. The minimum absolute atomic E-state index is 0.0221. The molecule has 1 saturated heterocycles. The van der Waals surface area contributed by atoms with E-state index in [9.17, 15) is 9.59 Å². The highest BCUT2D eigenvalue weighted by molar-refractivity contribution is 5.90. The van der Waals surface area contributed by atoms with Crippen LogP contribution < -0.4 is 0 Å². The number of carbonyl (C=O) groups excluding carboxylic acids is 2. The van der Waals surface area contributed by atoms with Gasteiger partial charge in [0.1, 0.15) is 11.9 Å². The fraction of sp³-hybridized carbons (Fsp3) is 0.600. The van der Waals surface area contributed by atoms with Gasteiger partial charge < -0.3 is 9.53 Å². The van der Waals surface area contributed by atoms with Crippen LogP contribution in [0.25, 0.3) is 0 Å². The lowest BCUT2D eigenvalue weighted by atomic mass is 9.90. The van der Waals surface area contributed by atoms with E-state index >= 15 is 0 Å². The quantitative estimate of drug-likeness (QED) is 0.438. The van der Waals surface area contributed by atoms with Crippen LogP contribution in [-0.4, -0.2) is 17.9 Å². The second-order valence-corrected chi connectivity index (χ2v) is 5.43. The number of carbonyl (C=O) groups is 2. The van der Waals surface area contributed by atoms with Crippen LogP contribution in [0.2, 0.25) is 0 Å². The summed E-state index contributed by atoms with van der Waals surface area (Å²) >= 11 is 0. The topological polar surface area (TPSA) is 43.4 Å². The van der Waals surface area contributed by atoms with Gasteiger partial charge in [-0.05, 0) is 32.1 Å². The van der Waals surface area contributed by atoms with Crippen molar-refractivity contribution in [2.24, 2.45) is 11.8 Å². The summed E-state index contributed by atoms with van der Waals surface area (Å²) in [6.07, 6.45) is 5.26. The highest BCUT2D eigenvalue weighted by atomic mass is 16.6. The molecule has 98 valence electrons. The van der Waals surface area contributed by atoms with E-state index in [1.54, 1.807) is 6.92 Å². The predicted octanol–water partition coefficient (Wildman–Crippen LogP) is 2.81. The molecule has 0 aromatic carbocycles. The summed E-state index contributed by atoms with van der Waals surface area (Å²) in [5.74, 6) is 0.494. The average molecular weight is 248 g/mol. The summed E-state index contributed by atoms with van der Waals surface area (Å²) < 4.78 is 5.36. The van der Waals surface area contributed by atoms with E-state index in [0.717, 1.165) is 19.3 Å². The first-order chi connectivity index (χ1) is 8.49. The first-order valence-electron chi connectivity index (χ1n) is 6.57. The summed E-state index contributed by atoms with van der Waals surface area (Å²) in [7, 11) is 0. The van der Waals surface area contributed by atoms with Crippen molar-refractivity contribution in [3.05, 3.63) is 23.8 Å². The van der Waals surface area contributed by atoms with Gasteiger partial charge in [-0.25, -0.2) is 4.79 Å². The third-order valence-corrected chi connectivity index (χ3v) is 4.04. The fourth-order valence-electron chi connectivity index (χ4n) is 2.83. The normalized spacial score (nSPS) is 31.4. The molecule has 1 fully saturated rings. The Morgan fingerprint density at radius 2 is 2.28 bits per heavy atom. The fourth-order valence-corrected chi connectivity index (χ4v) is 2.83. The van der Waals surface area contributed by atoms with Gasteiger partial charge in [-0.1, -0.05) is 25.2 Å². The number of rotatable bonds is 3. The lowest BCUT2D eigenvalue weighted by molar-refractivity contribution is -0.139. The minimum atomic E-state index is -0.238. The SMILES string of the molecule is C=C1C(=O)O[C@@H]2C[C@H](C)C(CCC(C)=O)=CCC12. The van der Waals surface area contributed by atoms with Crippen LogP contribution in [0.4, 0.5) is 0 Å². The van der Waals surface area contributed by atoms with Gasteiger partial charge in [0, 0.05) is 17.9 Å². The van der Waals surface area contributed by atoms with Crippen molar-refractivity contribution in [3.63, 3.8) is 0 Å². The Balaban J connectivity index is 2.08. The third-order valence-electron chi connectivity index (χ3n) is 4.04. The molecule has 2 aliphatic rings. The van der Waals surface area contributed by atoms with Crippen LogP contribution in [-0.2, 0) is 14.3 Å². The number of Topliss-reactive ketones (excluding diaryl/α,β-unsaturated/α-hetero) is 1. The number of fused-ring (bicyclic) bond motifs is 1. The molecule has 0 bridgehead atoms. The number of hydrogen-bond donors (Lipinski definition) is 0. The molecule has 18 heavy (non-hydrogen) atoms. The molecule has 0 amide bonds. The minimum Gasteiger partial charge on any atom is -0.458 e. The van der Waals surface area contributed by atoms with Crippen molar-refractivity contribution < 1.29 is 14.3 Å². The first kappa shape index (κ1) is 13.1. The Kier molecular flexibility index (Phi) is 3.69. The molecule has 2 rings (SSSR count). The van der Waals surface area contributed by atoms with Crippen molar-refractivity contribution >= 4 is 11.8 Å². The number of ether oxygens (including phenoxy) is 1. The van der Waals surface area contributed by atoms with Crippen LogP contribution in [0.1, 0.15) is 39.5 Å². The largest absolute Gasteiger partial charge is 0.458 e. The molecule has 3 nitrogen and oxygen atoms in total. The van der Waals surface area contributed by atoms with E-state index in [2.05, 4.69) is 19.6 Å². The van der Waals surface area contributed by atoms with Gasteiger partial charge in [0.25, 0.3) is 0 Å². The molecule has 3 heteroatoms. The number of ketones is 1. The van der Waals surface area contributed by atoms with Crippen LogP contribution in [0.3, 0.4) is 0 Å². The zero-order valence-corrected chi connectivity index (χ0v) is 11.1. The summed E-state index contributed by atoms with van der Waals surface area (Å²) in [5.41, 5.74) is 1.93. The highest BCUT2D eigenvalue weighted by Gasteiger charge is 2.40. The zero-order chi connectivity index (χ0) is 13.3. The number of allylic oxidation sites excluding steroid dienone is 2. The number of hydrogen-bond acceptors (Lipinski definition) is 3. The van der Waals surface area contributed by atoms with Crippen LogP contribution in [0.5, 0.6) is 0 Å². The van der Waals surface area contributed by atoms with Gasteiger partial charge in [0.2, 0.25) is 0 Å². The molecule has 0 aromatic heterocycles. The second-order valence-electron chi connectivity index (χ2n) is 5.43. The van der Waals surface area contributed by atoms with Crippen molar-refractivity contribution in [2.45, 2.75) is 45.6 Å². The van der Waals surface area contributed by atoms with Crippen LogP contribution in [0.15, 0.2) is 23.8 Å². The number of esters is 1. The maximum Gasteiger partial charge on any atom is 0.334 e. The summed E-state index contributed by atoms with van der Waals surface area (Å²) in [6, 6.07) is 0. The van der Waals surface area contributed by atoms with E-state index < -0.39 is 0 Å². The van der Waals surface area contributed by atoms with E-state index in [-0.39, 0.29) is 23.8 Å². The van der Waals surface area contributed by atoms with Crippen molar-refractivity contribution in [2.75, 3.05) is 0 Å². The molecule has 1 aliphatic heterocycles. The molecule has 0 aromatic rings. The zero-order valence-electron chi connectivity index (χ0n) is 11.1. The molecular formula is C15H20O3. The Morgan fingerprint density at radius 3 is 2.94 bits per heavy atom. The predicted molar refractivity (Wildman–Crippen MR) is 68.9 cm³/mol. The summed E-state index contributed by atoms with van der Waals surface area (Å²) in [6.45, 7) is 7.60. The van der Waals surface area contributed by atoms with Crippen molar-refractivity contribution in [1.29, 1.82) is 0 Å². The van der Waals surface area contributed by atoms with Crippen molar-refractivity contribution in [3.8, 4) is 0 Å². The third kappa shape index (κ3) is 2.55. The van der Waals surface area contributed by atoms with Crippen LogP contribution >= 0.6 is 0 Å². The Bertz CT molecular complexity index is 419. The maximum absolute atomic E-state index is 11.5. The van der Waals surface area contributed by atoms with Crippen molar-refractivity contribution in [1.82, 2.24) is 0 Å². The smallest absolute Gasteiger partial charge is 0.334 e. The molecular weight excluding hydrogens is 228 g/mol. The molecule has 0 spiro atoms. The van der Waals surface area contributed by atoms with E-state index in [1.165, 1.54) is 5.57 Å². The molecule has 3 atom stereocenters. The highest BCUT2D eigenvalue weighted by Crippen LogP contribution is 2.39. The summed E-state index contributed by atoms with van der Waals surface area (Å²) in [4.78, 5) is 22.5. The van der Waals surface area contributed by atoms with Gasteiger partial charge in [-0.15, -0.1) is 0 Å². The Labute approximate surface area is 108 Å².